The zero-order valence-corrected chi connectivity index (χ0v) is 16.8. The summed E-state index contributed by atoms with van der Waals surface area (Å²) in [6.07, 6.45) is 1.24. The van der Waals surface area contributed by atoms with Gasteiger partial charge in [0, 0.05) is 10.5 Å². The Kier molecular flexibility index (Phi) is 7.06. The van der Waals surface area contributed by atoms with Crippen molar-refractivity contribution in [2.24, 2.45) is 5.10 Å². The van der Waals surface area contributed by atoms with Gasteiger partial charge < -0.3 is 4.74 Å². The van der Waals surface area contributed by atoms with Gasteiger partial charge >= 0.3 is 0 Å². The lowest BCUT2D eigenvalue weighted by atomic mass is 10.0. The highest BCUT2D eigenvalue weighted by molar-refractivity contribution is 9.10. The van der Waals surface area contributed by atoms with Gasteiger partial charge in [-0.15, -0.1) is 0 Å². The number of para-hydroxylation sites is 1. The first-order chi connectivity index (χ1) is 12.8. The molecular formula is C19H20BrN3O4. The summed E-state index contributed by atoms with van der Waals surface area (Å²) >= 11 is 3.50. The zero-order chi connectivity index (χ0) is 20.0. The number of carbonyl (C=O) groups excluding carboxylic acids is 1. The average Bonchev–Trinajstić information content (AvgIpc) is 2.62. The number of hydrogen-bond donors (Lipinski definition) is 1. The number of rotatable bonds is 7. The molecule has 0 aliphatic rings. The predicted molar refractivity (Wildman–Crippen MR) is 107 cm³/mol. The molecule has 0 unspecified atom stereocenters. The zero-order valence-electron chi connectivity index (χ0n) is 15.2. The van der Waals surface area contributed by atoms with Gasteiger partial charge in [-0.05, 0) is 42.2 Å². The quantitative estimate of drug-likeness (QED) is 0.399. The first kappa shape index (κ1) is 20.6. The number of hydrazone groups is 1. The number of aryl methyl sites for hydroxylation is 1. The van der Waals surface area contributed by atoms with E-state index in [1.54, 1.807) is 18.2 Å². The van der Waals surface area contributed by atoms with Crippen LogP contribution >= 0.6 is 15.9 Å². The molecule has 0 aliphatic carbocycles. The van der Waals surface area contributed by atoms with Gasteiger partial charge in [0.05, 0.1) is 16.7 Å². The molecule has 0 bridgehead atoms. The van der Waals surface area contributed by atoms with Gasteiger partial charge in [-0.3, -0.25) is 14.9 Å². The highest BCUT2D eigenvalue weighted by Crippen LogP contribution is 2.32. The summed E-state index contributed by atoms with van der Waals surface area (Å²) in [5.74, 6) is 0.417. The van der Waals surface area contributed by atoms with E-state index in [1.165, 1.54) is 12.3 Å². The molecule has 0 atom stereocenters. The van der Waals surface area contributed by atoms with Crippen LogP contribution < -0.4 is 10.2 Å². The third kappa shape index (κ3) is 5.62. The molecule has 0 aromatic heterocycles. The highest BCUT2D eigenvalue weighted by Gasteiger charge is 2.13. The fourth-order valence-electron chi connectivity index (χ4n) is 2.36. The van der Waals surface area contributed by atoms with Gasteiger partial charge in [0.25, 0.3) is 11.6 Å². The summed E-state index contributed by atoms with van der Waals surface area (Å²) in [4.78, 5) is 22.4. The summed E-state index contributed by atoms with van der Waals surface area (Å²) in [6, 6.07) is 10.00. The van der Waals surface area contributed by atoms with E-state index in [2.05, 4.69) is 26.5 Å². The SMILES string of the molecule is Cc1cc(OCC(=O)NN=Cc2ccccc2[N+](=O)[O-])c(C(C)C)cc1Br. The van der Waals surface area contributed by atoms with Crippen molar-refractivity contribution in [1.29, 1.82) is 0 Å². The molecule has 0 saturated carbocycles. The number of ether oxygens (including phenoxy) is 1. The Morgan fingerprint density at radius 2 is 2.07 bits per heavy atom. The second kappa shape index (κ2) is 9.27. The molecule has 0 fully saturated rings. The van der Waals surface area contributed by atoms with E-state index in [0.717, 1.165) is 15.6 Å². The van der Waals surface area contributed by atoms with Gasteiger partial charge in [0.1, 0.15) is 5.75 Å². The number of benzene rings is 2. The maximum Gasteiger partial charge on any atom is 0.278 e. The topological polar surface area (TPSA) is 93.8 Å². The minimum absolute atomic E-state index is 0.0846. The van der Waals surface area contributed by atoms with Crippen LogP contribution in [0.15, 0.2) is 46.0 Å². The van der Waals surface area contributed by atoms with Gasteiger partial charge in [0.2, 0.25) is 0 Å². The lowest BCUT2D eigenvalue weighted by molar-refractivity contribution is -0.385. The third-order valence-electron chi connectivity index (χ3n) is 3.80. The number of halogens is 1. The van der Waals surface area contributed by atoms with Crippen LogP contribution in [0.1, 0.15) is 36.5 Å². The molecule has 2 aromatic rings. The van der Waals surface area contributed by atoms with E-state index in [9.17, 15) is 14.9 Å². The van der Waals surface area contributed by atoms with Crippen molar-refractivity contribution < 1.29 is 14.5 Å². The number of nitro benzene ring substituents is 1. The normalized spacial score (nSPS) is 11.0. The maximum atomic E-state index is 12.0. The second-order valence-electron chi connectivity index (χ2n) is 6.19. The molecule has 1 N–H and O–H groups in total. The van der Waals surface area contributed by atoms with Gasteiger partial charge in [-0.1, -0.05) is 41.9 Å². The van der Waals surface area contributed by atoms with Crippen molar-refractivity contribution in [3.63, 3.8) is 0 Å². The van der Waals surface area contributed by atoms with E-state index >= 15 is 0 Å². The lowest BCUT2D eigenvalue weighted by Gasteiger charge is -2.15. The third-order valence-corrected chi connectivity index (χ3v) is 4.65. The Morgan fingerprint density at radius 1 is 1.37 bits per heavy atom. The minimum Gasteiger partial charge on any atom is -0.483 e. The molecule has 27 heavy (non-hydrogen) atoms. The van der Waals surface area contributed by atoms with Crippen LogP contribution in [0.3, 0.4) is 0 Å². The smallest absolute Gasteiger partial charge is 0.278 e. The molecule has 0 heterocycles. The number of nitrogens with one attached hydrogen (secondary N) is 1. The Morgan fingerprint density at radius 3 is 2.74 bits per heavy atom. The summed E-state index contributed by atoms with van der Waals surface area (Å²) in [5.41, 5.74) is 4.53. The Balaban J connectivity index is 2.00. The van der Waals surface area contributed by atoms with Crippen LogP contribution in [0.4, 0.5) is 5.69 Å². The summed E-state index contributed by atoms with van der Waals surface area (Å²) < 4.78 is 6.63. The van der Waals surface area contributed by atoms with E-state index in [4.69, 9.17) is 4.74 Å². The molecule has 142 valence electrons. The van der Waals surface area contributed by atoms with Gasteiger partial charge in [-0.2, -0.15) is 5.10 Å². The van der Waals surface area contributed by atoms with Crippen LogP contribution in [0.2, 0.25) is 0 Å². The Labute approximate surface area is 165 Å². The van der Waals surface area contributed by atoms with Crippen molar-refractivity contribution in [3.8, 4) is 5.75 Å². The minimum atomic E-state index is -0.504. The maximum absolute atomic E-state index is 12.0. The predicted octanol–water partition coefficient (Wildman–Crippen LogP) is 4.32. The van der Waals surface area contributed by atoms with Crippen LogP contribution in [-0.4, -0.2) is 23.7 Å². The molecule has 0 spiro atoms. The number of nitrogens with zero attached hydrogens (tertiary/aromatic N) is 2. The molecule has 1 amide bonds. The number of hydrogen-bond acceptors (Lipinski definition) is 5. The molecule has 0 saturated heterocycles. The van der Waals surface area contributed by atoms with Crippen molar-refractivity contribution in [2.45, 2.75) is 26.7 Å². The number of carbonyl (C=O) groups is 1. The molecule has 0 radical (unpaired) electrons. The van der Waals surface area contributed by atoms with Crippen LogP contribution in [0.25, 0.3) is 0 Å². The Bertz CT molecular complexity index is 881. The summed E-state index contributed by atoms with van der Waals surface area (Å²) in [6.45, 7) is 5.81. The van der Waals surface area contributed by atoms with Crippen molar-refractivity contribution in [3.05, 3.63) is 67.7 Å². The van der Waals surface area contributed by atoms with Crippen molar-refractivity contribution in [1.82, 2.24) is 5.43 Å². The monoisotopic (exact) mass is 433 g/mol. The van der Waals surface area contributed by atoms with Crippen molar-refractivity contribution >= 4 is 33.7 Å². The first-order valence-corrected chi connectivity index (χ1v) is 9.07. The summed E-state index contributed by atoms with van der Waals surface area (Å²) in [5, 5.41) is 14.7. The van der Waals surface area contributed by atoms with E-state index in [1.807, 2.05) is 32.9 Å². The number of amides is 1. The van der Waals surface area contributed by atoms with E-state index in [-0.39, 0.29) is 18.2 Å². The van der Waals surface area contributed by atoms with E-state index < -0.39 is 10.8 Å². The van der Waals surface area contributed by atoms with Crippen LogP contribution in [0.5, 0.6) is 5.75 Å². The van der Waals surface area contributed by atoms with Crippen LogP contribution in [-0.2, 0) is 4.79 Å². The van der Waals surface area contributed by atoms with E-state index in [0.29, 0.717) is 11.3 Å². The number of nitro groups is 1. The fraction of sp³-hybridized carbons (Fsp3) is 0.263. The second-order valence-corrected chi connectivity index (χ2v) is 7.05. The molecular weight excluding hydrogens is 414 g/mol. The molecule has 2 rings (SSSR count). The molecule has 7 nitrogen and oxygen atoms in total. The van der Waals surface area contributed by atoms with Crippen LogP contribution in [0, 0.1) is 17.0 Å². The molecule has 0 aliphatic heterocycles. The van der Waals surface area contributed by atoms with Gasteiger partial charge in [-0.25, -0.2) is 5.43 Å². The average molecular weight is 434 g/mol. The highest BCUT2D eigenvalue weighted by atomic mass is 79.9. The molecule has 8 heteroatoms. The Hall–Kier alpha value is -2.74. The largest absolute Gasteiger partial charge is 0.483 e. The lowest BCUT2D eigenvalue weighted by Crippen LogP contribution is -2.25. The van der Waals surface area contributed by atoms with Crippen molar-refractivity contribution in [2.75, 3.05) is 6.61 Å². The fourth-order valence-corrected chi connectivity index (χ4v) is 2.72. The molecule has 2 aromatic carbocycles. The van der Waals surface area contributed by atoms with Gasteiger partial charge in [0.15, 0.2) is 6.61 Å². The standard InChI is InChI=1S/C19H20BrN3O4/c1-12(2)15-9-16(20)13(3)8-18(15)27-11-19(24)22-21-10-14-6-4-5-7-17(14)23(25)26/h4-10,12H,11H2,1-3H3,(H,22,24). The first-order valence-electron chi connectivity index (χ1n) is 8.27. The summed E-state index contributed by atoms with van der Waals surface area (Å²) in [7, 11) is 0.